The number of rotatable bonds is 4. The van der Waals surface area contributed by atoms with Crippen molar-refractivity contribution in [2.24, 2.45) is 5.14 Å². The Bertz CT molecular complexity index is 894. The van der Waals surface area contributed by atoms with Gasteiger partial charge < -0.3 is 10.6 Å². The van der Waals surface area contributed by atoms with Crippen LogP contribution in [0.4, 0.5) is 21.9 Å². The first-order valence-electron chi connectivity index (χ1n) is 6.63. The molecule has 2 aromatic rings. The van der Waals surface area contributed by atoms with Crippen molar-refractivity contribution in [3.63, 3.8) is 0 Å². The maximum atomic E-state index is 12.0. The first-order chi connectivity index (χ1) is 11.2. The molecule has 9 nitrogen and oxygen atoms in total. The SMILES string of the molecule is Cc1ccc([N+](=O)[O-])cc1NC(=O)Nc1ccc(S(N)(=O)=O)cc1. The average Bonchev–Trinajstić information content (AvgIpc) is 2.48. The number of aryl methyl sites for hydroxylation is 1. The summed E-state index contributed by atoms with van der Waals surface area (Å²) in [6.07, 6.45) is 0. The molecule has 24 heavy (non-hydrogen) atoms. The number of anilines is 2. The third-order valence-electron chi connectivity index (χ3n) is 3.12. The predicted molar refractivity (Wildman–Crippen MR) is 88.3 cm³/mol. The average molecular weight is 350 g/mol. The lowest BCUT2D eigenvalue weighted by molar-refractivity contribution is -0.384. The van der Waals surface area contributed by atoms with Crippen LogP contribution in [0.15, 0.2) is 47.4 Å². The van der Waals surface area contributed by atoms with E-state index < -0.39 is 21.0 Å². The van der Waals surface area contributed by atoms with Crippen LogP contribution in [-0.2, 0) is 10.0 Å². The van der Waals surface area contributed by atoms with Gasteiger partial charge in [0.05, 0.1) is 15.5 Å². The van der Waals surface area contributed by atoms with Crippen molar-refractivity contribution in [1.29, 1.82) is 0 Å². The number of carbonyl (C=O) groups excluding carboxylic acids is 1. The van der Waals surface area contributed by atoms with Gasteiger partial charge in [0.25, 0.3) is 5.69 Å². The van der Waals surface area contributed by atoms with Gasteiger partial charge >= 0.3 is 6.03 Å². The van der Waals surface area contributed by atoms with E-state index in [1.54, 1.807) is 6.92 Å². The summed E-state index contributed by atoms with van der Waals surface area (Å²) < 4.78 is 22.3. The van der Waals surface area contributed by atoms with Gasteiger partial charge in [-0.1, -0.05) is 6.07 Å². The van der Waals surface area contributed by atoms with Crippen molar-refractivity contribution in [3.05, 3.63) is 58.1 Å². The van der Waals surface area contributed by atoms with E-state index in [1.807, 2.05) is 0 Å². The number of nitro groups is 1. The second kappa shape index (κ2) is 6.64. The Hall–Kier alpha value is -2.98. The third-order valence-corrected chi connectivity index (χ3v) is 4.05. The van der Waals surface area contributed by atoms with Gasteiger partial charge in [-0.15, -0.1) is 0 Å². The summed E-state index contributed by atoms with van der Waals surface area (Å²) in [6.45, 7) is 1.69. The van der Waals surface area contributed by atoms with Crippen LogP contribution in [0.25, 0.3) is 0 Å². The molecule has 10 heteroatoms. The van der Waals surface area contributed by atoms with Gasteiger partial charge in [-0.3, -0.25) is 10.1 Å². The minimum Gasteiger partial charge on any atom is -0.308 e. The summed E-state index contributed by atoms with van der Waals surface area (Å²) >= 11 is 0. The van der Waals surface area contributed by atoms with Crippen LogP contribution in [-0.4, -0.2) is 19.4 Å². The van der Waals surface area contributed by atoms with Gasteiger partial charge in [0.15, 0.2) is 0 Å². The summed E-state index contributed by atoms with van der Waals surface area (Å²) in [6, 6.07) is 8.74. The van der Waals surface area contributed by atoms with Crippen LogP contribution in [0.1, 0.15) is 5.56 Å². The van der Waals surface area contributed by atoms with E-state index in [2.05, 4.69) is 10.6 Å². The number of hydrogen-bond acceptors (Lipinski definition) is 5. The first-order valence-corrected chi connectivity index (χ1v) is 8.17. The van der Waals surface area contributed by atoms with Crippen LogP contribution in [0.2, 0.25) is 0 Å². The Morgan fingerprint density at radius 1 is 1.12 bits per heavy atom. The van der Waals surface area contributed by atoms with Crippen molar-refractivity contribution in [2.75, 3.05) is 10.6 Å². The van der Waals surface area contributed by atoms with Crippen molar-refractivity contribution < 1.29 is 18.1 Å². The van der Waals surface area contributed by atoms with Crippen molar-refractivity contribution in [3.8, 4) is 0 Å². The lowest BCUT2D eigenvalue weighted by atomic mass is 10.2. The van der Waals surface area contributed by atoms with E-state index in [9.17, 15) is 23.3 Å². The zero-order chi connectivity index (χ0) is 17.9. The molecule has 2 amide bonds. The summed E-state index contributed by atoms with van der Waals surface area (Å²) in [4.78, 5) is 22.1. The van der Waals surface area contributed by atoms with Crippen molar-refractivity contribution in [2.45, 2.75) is 11.8 Å². The number of non-ortho nitro benzene ring substituents is 1. The molecule has 126 valence electrons. The number of urea groups is 1. The van der Waals surface area contributed by atoms with E-state index in [0.717, 1.165) is 0 Å². The van der Waals surface area contributed by atoms with Crippen LogP contribution in [0, 0.1) is 17.0 Å². The third kappa shape index (κ3) is 4.27. The molecule has 2 aromatic carbocycles. The van der Waals surface area contributed by atoms with Crippen LogP contribution in [0.3, 0.4) is 0 Å². The normalized spacial score (nSPS) is 10.9. The molecule has 0 saturated carbocycles. The Morgan fingerprint density at radius 3 is 2.29 bits per heavy atom. The molecule has 0 atom stereocenters. The highest BCUT2D eigenvalue weighted by Crippen LogP contribution is 2.22. The smallest absolute Gasteiger partial charge is 0.308 e. The molecule has 4 N–H and O–H groups in total. The zero-order valence-corrected chi connectivity index (χ0v) is 13.3. The molecular weight excluding hydrogens is 336 g/mol. The van der Waals surface area contributed by atoms with Gasteiger partial charge in [0.2, 0.25) is 10.0 Å². The van der Waals surface area contributed by atoms with Gasteiger partial charge in [0.1, 0.15) is 0 Å². The zero-order valence-electron chi connectivity index (χ0n) is 12.5. The fourth-order valence-corrected chi connectivity index (χ4v) is 2.39. The number of nitrogens with two attached hydrogens (primary N) is 1. The molecule has 2 rings (SSSR count). The number of nitro benzene ring substituents is 1. The van der Waals surface area contributed by atoms with Gasteiger partial charge in [0, 0.05) is 17.8 Å². The lowest BCUT2D eigenvalue weighted by Gasteiger charge is -2.10. The Balaban J connectivity index is 2.11. The summed E-state index contributed by atoms with van der Waals surface area (Å²) in [5, 5.41) is 20.7. The van der Waals surface area contributed by atoms with Gasteiger partial charge in [-0.2, -0.15) is 0 Å². The number of hydrogen-bond donors (Lipinski definition) is 3. The molecule has 0 bridgehead atoms. The fourth-order valence-electron chi connectivity index (χ4n) is 1.87. The second-order valence-electron chi connectivity index (χ2n) is 4.90. The maximum Gasteiger partial charge on any atom is 0.323 e. The topological polar surface area (TPSA) is 144 Å². The number of primary sulfonamides is 1. The van der Waals surface area contributed by atoms with E-state index >= 15 is 0 Å². The fraction of sp³-hybridized carbons (Fsp3) is 0.0714. The molecule has 0 aromatic heterocycles. The molecule has 0 radical (unpaired) electrons. The molecule has 0 unspecified atom stereocenters. The monoisotopic (exact) mass is 350 g/mol. The van der Waals surface area contributed by atoms with Crippen molar-refractivity contribution >= 4 is 33.1 Å². The summed E-state index contributed by atoms with van der Waals surface area (Å²) in [5.41, 5.74) is 1.14. The quantitative estimate of drug-likeness (QED) is 0.572. The number of benzene rings is 2. The lowest BCUT2D eigenvalue weighted by Crippen LogP contribution is -2.20. The van der Waals surface area contributed by atoms with Crippen molar-refractivity contribution in [1.82, 2.24) is 0 Å². The highest BCUT2D eigenvalue weighted by molar-refractivity contribution is 7.89. The van der Waals surface area contributed by atoms with E-state index in [4.69, 9.17) is 5.14 Å². The maximum absolute atomic E-state index is 12.0. The van der Waals surface area contributed by atoms with Crippen LogP contribution >= 0.6 is 0 Å². The van der Waals surface area contributed by atoms with Gasteiger partial charge in [-0.25, -0.2) is 18.4 Å². The molecule has 0 heterocycles. The molecule has 0 saturated heterocycles. The van der Waals surface area contributed by atoms with E-state index in [0.29, 0.717) is 16.9 Å². The number of nitrogens with one attached hydrogen (secondary N) is 2. The highest BCUT2D eigenvalue weighted by Gasteiger charge is 2.12. The highest BCUT2D eigenvalue weighted by atomic mass is 32.2. The van der Waals surface area contributed by atoms with E-state index in [1.165, 1.54) is 42.5 Å². The minimum atomic E-state index is -3.81. The Kier molecular flexibility index (Phi) is 4.81. The Labute approximate surface area is 137 Å². The number of nitrogens with zero attached hydrogens (tertiary/aromatic N) is 1. The van der Waals surface area contributed by atoms with Crippen LogP contribution < -0.4 is 15.8 Å². The van der Waals surface area contributed by atoms with Crippen LogP contribution in [0.5, 0.6) is 0 Å². The molecule has 0 spiro atoms. The summed E-state index contributed by atoms with van der Waals surface area (Å²) in [5.74, 6) is 0. The molecule has 0 aliphatic carbocycles. The summed E-state index contributed by atoms with van der Waals surface area (Å²) in [7, 11) is -3.81. The predicted octanol–water partition coefficient (Wildman–Crippen LogP) is 2.19. The first kappa shape index (κ1) is 17.4. The number of sulfonamides is 1. The number of amides is 2. The standard InChI is InChI=1S/C14H14N4O5S/c1-9-2-5-11(18(20)21)8-13(9)17-14(19)16-10-3-6-12(7-4-10)24(15,22)23/h2-8H,1H3,(H2,15,22,23)(H2,16,17,19). The molecule has 0 aliphatic rings. The largest absolute Gasteiger partial charge is 0.323 e. The minimum absolute atomic E-state index is 0.0806. The second-order valence-corrected chi connectivity index (χ2v) is 6.47. The number of carbonyl (C=O) groups is 1. The van der Waals surface area contributed by atoms with E-state index in [-0.39, 0.29) is 10.6 Å². The molecule has 0 fully saturated rings. The Morgan fingerprint density at radius 2 is 1.75 bits per heavy atom. The molecule has 0 aliphatic heterocycles. The van der Waals surface area contributed by atoms with Gasteiger partial charge in [-0.05, 0) is 36.8 Å². The molecular formula is C14H14N4O5S.